The van der Waals surface area contributed by atoms with Gasteiger partial charge < -0.3 is 14.9 Å². The third kappa shape index (κ3) is 4.18. The molecule has 2 N–H and O–H groups in total. The van der Waals surface area contributed by atoms with Gasteiger partial charge in [-0.1, -0.05) is 19.3 Å². The number of rotatable bonds is 4. The van der Waals surface area contributed by atoms with Gasteiger partial charge in [0.2, 0.25) is 0 Å². The SMILES string of the molecule is CC(=O)OC[C@@H](O)[C@H](O)C1CCCCC1. The summed E-state index contributed by atoms with van der Waals surface area (Å²) in [7, 11) is 0. The van der Waals surface area contributed by atoms with E-state index in [1.165, 1.54) is 13.3 Å². The van der Waals surface area contributed by atoms with Crippen LogP contribution in [0, 0.1) is 5.92 Å². The highest BCUT2D eigenvalue weighted by Crippen LogP contribution is 2.27. The highest BCUT2D eigenvalue weighted by atomic mass is 16.5. The number of hydrogen-bond acceptors (Lipinski definition) is 4. The summed E-state index contributed by atoms with van der Waals surface area (Å²) in [5.41, 5.74) is 0. The van der Waals surface area contributed by atoms with E-state index in [1.54, 1.807) is 0 Å². The van der Waals surface area contributed by atoms with Crippen molar-refractivity contribution in [1.82, 2.24) is 0 Å². The number of carbonyl (C=O) groups is 1. The molecule has 88 valence electrons. The lowest BCUT2D eigenvalue weighted by Gasteiger charge is -2.29. The zero-order chi connectivity index (χ0) is 11.3. The third-order valence-corrected chi connectivity index (χ3v) is 2.98. The van der Waals surface area contributed by atoms with Crippen molar-refractivity contribution in [3.63, 3.8) is 0 Å². The second-order valence-corrected chi connectivity index (χ2v) is 4.26. The number of carbonyl (C=O) groups excluding carboxylic acids is 1. The van der Waals surface area contributed by atoms with Gasteiger partial charge in [0.1, 0.15) is 12.7 Å². The minimum atomic E-state index is -0.947. The summed E-state index contributed by atoms with van der Waals surface area (Å²) in [5.74, 6) is -0.269. The summed E-state index contributed by atoms with van der Waals surface area (Å²) in [6, 6.07) is 0. The Balaban J connectivity index is 2.30. The third-order valence-electron chi connectivity index (χ3n) is 2.98. The van der Waals surface area contributed by atoms with Crippen molar-refractivity contribution < 1.29 is 19.7 Å². The van der Waals surface area contributed by atoms with Crippen LogP contribution in [0.2, 0.25) is 0 Å². The fourth-order valence-corrected chi connectivity index (χ4v) is 2.09. The van der Waals surface area contributed by atoms with Crippen LogP contribution in [0.15, 0.2) is 0 Å². The molecule has 0 unspecified atom stereocenters. The molecule has 0 aromatic heterocycles. The summed E-state index contributed by atoms with van der Waals surface area (Å²) in [4.78, 5) is 10.5. The van der Waals surface area contributed by atoms with Crippen LogP contribution in [-0.4, -0.2) is 35.0 Å². The van der Waals surface area contributed by atoms with Gasteiger partial charge in [-0.15, -0.1) is 0 Å². The van der Waals surface area contributed by atoms with Crippen molar-refractivity contribution in [2.45, 2.75) is 51.2 Å². The van der Waals surface area contributed by atoms with Crippen LogP contribution < -0.4 is 0 Å². The fraction of sp³-hybridized carbons (Fsp3) is 0.909. The molecule has 1 rings (SSSR count). The predicted octanol–water partition coefficient (Wildman–Crippen LogP) is 0.852. The van der Waals surface area contributed by atoms with Gasteiger partial charge in [0.05, 0.1) is 6.10 Å². The molecule has 4 heteroatoms. The van der Waals surface area contributed by atoms with Crippen molar-refractivity contribution in [3.8, 4) is 0 Å². The molecule has 15 heavy (non-hydrogen) atoms. The molecule has 0 bridgehead atoms. The van der Waals surface area contributed by atoms with Crippen LogP contribution in [0.25, 0.3) is 0 Å². The van der Waals surface area contributed by atoms with Gasteiger partial charge in [0.15, 0.2) is 0 Å². The van der Waals surface area contributed by atoms with Gasteiger partial charge in [-0.3, -0.25) is 4.79 Å². The largest absolute Gasteiger partial charge is 0.463 e. The first-order chi connectivity index (χ1) is 7.11. The van der Waals surface area contributed by atoms with E-state index < -0.39 is 18.2 Å². The Kier molecular flexibility index (Phi) is 5.05. The van der Waals surface area contributed by atoms with Gasteiger partial charge >= 0.3 is 5.97 Å². The Bertz CT molecular complexity index is 199. The summed E-state index contributed by atoms with van der Waals surface area (Å²) >= 11 is 0. The lowest BCUT2D eigenvalue weighted by molar-refractivity contribution is -0.147. The number of aliphatic hydroxyl groups is 2. The van der Waals surface area contributed by atoms with Gasteiger partial charge in [-0.05, 0) is 18.8 Å². The van der Waals surface area contributed by atoms with Gasteiger partial charge in [0.25, 0.3) is 0 Å². The van der Waals surface area contributed by atoms with Crippen LogP contribution in [0.4, 0.5) is 0 Å². The summed E-state index contributed by atoms with van der Waals surface area (Å²) < 4.78 is 4.67. The Morgan fingerprint density at radius 1 is 1.33 bits per heavy atom. The predicted molar refractivity (Wildman–Crippen MR) is 55.2 cm³/mol. The number of hydrogen-bond donors (Lipinski definition) is 2. The van der Waals surface area contributed by atoms with E-state index in [9.17, 15) is 15.0 Å². The maximum Gasteiger partial charge on any atom is 0.302 e. The molecular formula is C11H20O4. The van der Waals surface area contributed by atoms with Crippen molar-refractivity contribution in [2.75, 3.05) is 6.61 Å². The first-order valence-corrected chi connectivity index (χ1v) is 5.60. The van der Waals surface area contributed by atoms with E-state index in [4.69, 9.17) is 0 Å². The molecule has 1 saturated carbocycles. The minimum Gasteiger partial charge on any atom is -0.463 e. The second kappa shape index (κ2) is 6.08. The van der Waals surface area contributed by atoms with Crippen LogP contribution in [0.3, 0.4) is 0 Å². The molecule has 2 atom stereocenters. The van der Waals surface area contributed by atoms with E-state index >= 15 is 0 Å². The molecule has 0 aromatic rings. The average molecular weight is 216 g/mol. The van der Waals surface area contributed by atoms with Crippen LogP contribution in [0.1, 0.15) is 39.0 Å². The van der Waals surface area contributed by atoms with E-state index in [0.717, 1.165) is 25.7 Å². The summed E-state index contributed by atoms with van der Waals surface area (Å²) in [5, 5.41) is 19.4. The van der Waals surface area contributed by atoms with Crippen LogP contribution in [0.5, 0.6) is 0 Å². The second-order valence-electron chi connectivity index (χ2n) is 4.26. The van der Waals surface area contributed by atoms with E-state index in [2.05, 4.69) is 4.74 Å². The molecule has 0 saturated heterocycles. The highest BCUT2D eigenvalue weighted by Gasteiger charge is 2.28. The Labute approximate surface area is 90.2 Å². The number of esters is 1. The zero-order valence-electron chi connectivity index (χ0n) is 9.19. The van der Waals surface area contributed by atoms with Crippen molar-refractivity contribution in [2.24, 2.45) is 5.92 Å². The normalized spacial score (nSPS) is 22.1. The number of ether oxygens (including phenoxy) is 1. The lowest BCUT2D eigenvalue weighted by Crippen LogP contribution is -2.38. The van der Waals surface area contributed by atoms with E-state index in [-0.39, 0.29) is 12.5 Å². The monoisotopic (exact) mass is 216 g/mol. The van der Waals surface area contributed by atoms with E-state index in [1.807, 2.05) is 0 Å². The molecule has 1 aliphatic carbocycles. The van der Waals surface area contributed by atoms with Gasteiger partial charge in [-0.2, -0.15) is 0 Å². The standard InChI is InChI=1S/C11H20O4/c1-8(12)15-7-10(13)11(14)9-5-3-2-4-6-9/h9-11,13-14H,2-7H2,1H3/t10-,11-/m1/s1. The minimum absolute atomic E-state index is 0.104. The Morgan fingerprint density at radius 2 is 1.93 bits per heavy atom. The molecule has 0 radical (unpaired) electrons. The summed E-state index contributed by atoms with van der Waals surface area (Å²) in [6.45, 7) is 1.19. The quantitative estimate of drug-likeness (QED) is 0.684. The first-order valence-electron chi connectivity index (χ1n) is 5.60. The maximum absolute atomic E-state index is 10.5. The van der Waals surface area contributed by atoms with Crippen molar-refractivity contribution in [3.05, 3.63) is 0 Å². The fourth-order valence-electron chi connectivity index (χ4n) is 2.09. The molecule has 0 aromatic carbocycles. The Hall–Kier alpha value is -0.610. The molecule has 1 fully saturated rings. The van der Waals surface area contributed by atoms with E-state index in [0.29, 0.717) is 0 Å². The van der Waals surface area contributed by atoms with Crippen LogP contribution in [-0.2, 0) is 9.53 Å². The average Bonchev–Trinajstić information content (AvgIpc) is 2.26. The molecule has 4 nitrogen and oxygen atoms in total. The van der Waals surface area contributed by atoms with Crippen molar-refractivity contribution in [1.29, 1.82) is 0 Å². The highest BCUT2D eigenvalue weighted by molar-refractivity contribution is 5.65. The molecule has 0 aliphatic heterocycles. The topological polar surface area (TPSA) is 66.8 Å². The Morgan fingerprint density at radius 3 is 2.47 bits per heavy atom. The molecule has 1 aliphatic rings. The first kappa shape index (κ1) is 12.5. The molecule has 0 spiro atoms. The van der Waals surface area contributed by atoms with Gasteiger partial charge in [0, 0.05) is 6.92 Å². The molecule has 0 amide bonds. The maximum atomic E-state index is 10.5. The smallest absolute Gasteiger partial charge is 0.302 e. The van der Waals surface area contributed by atoms with Gasteiger partial charge in [-0.25, -0.2) is 0 Å². The number of aliphatic hydroxyl groups excluding tert-OH is 2. The lowest BCUT2D eigenvalue weighted by atomic mass is 9.83. The summed E-state index contributed by atoms with van der Waals surface area (Å²) in [6.07, 6.45) is 3.64. The zero-order valence-corrected chi connectivity index (χ0v) is 9.19. The molecular weight excluding hydrogens is 196 g/mol. The van der Waals surface area contributed by atoms with Crippen molar-refractivity contribution >= 4 is 5.97 Å². The van der Waals surface area contributed by atoms with Crippen LogP contribution >= 0.6 is 0 Å². The molecule has 0 heterocycles.